The molecule has 0 bridgehead atoms. The first-order valence-electron chi connectivity index (χ1n) is 9.79. The Hall–Kier alpha value is -3.59. The van der Waals surface area contributed by atoms with Gasteiger partial charge in [0.25, 0.3) is 5.56 Å². The molecular formula is C23H22N4O2. The zero-order chi connectivity index (χ0) is 20.2. The number of pyridine rings is 1. The van der Waals surface area contributed by atoms with E-state index < -0.39 is 0 Å². The zero-order valence-electron chi connectivity index (χ0n) is 16.0. The predicted molar refractivity (Wildman–Crippen MR) is 114 cm³/mol. The number of piperidine rings is 1. The van der Waals surface area contributed by atoms with Crippen molar-refractivity contribution in [2.24, 2.45) is 5.92 Å². The van der Waals surface area contributed by atoms with E-state index in [0.717, 1.165) is 22.3 Å². The van der Waals surface area contributed by atoms with Crippen molar-refractivity contribution in [2.75, 3.05) is 23.3 Å². The number of para-hydroxylation sites is 2. The number of fused-ring (bicyclic) bond motifs is 1. The normalized spacial score (nSPS) is 14.5. The van der Waals surface area contributed by atoms with Gasteiger partial charge in [-0.25, -0.2) is 0 Å². The van der Waals surface area contributed by atoms with Gasteiger partial charge in [-0.05, 0) is 31.0 Å². The van der Waals surface area contributed by atoms with E-state index in [-0.39, 0.29) is 23.8 Å². The Labute approximate surface area is 168 Å². The monoisotopic (exact) mass is 386 g/mol. The molecule has 1 aromatic heterocycles. The SMILES string of the molecule is N#CCc1c(N2CCC(C(=O)Nc3ccccc3)CC2)c2ccccc2[nH]c1=O. The fraction of sp³-hybridized carbons (Fsp3) is 0.261. The van der Waals surface area contributed by atoms with E-state index in [0.29, 0.717) is 31.5 Å². The van der Waals surface area contributed by atoms with E-state index in [1.54, 1.807) is 0 Å². The number of aromatic amines is 1. The Morgan fingerprint density at radius 3 is 2.52 bits per heavy atom. The van der Waals surface area contributed by atoms with Crippen molar-refractivity contribution in [3.05, 3.63) is 70.5 Å². The van der Waals surface area contributed by atoms with Gasteiger partial charge in [-0.1, -0.05) is 36.4 Å². The molecule has 1 fully saturated rings. The van der Waals surface area contributed by atoms with E-state index in [1.165, 1.54) is 0 Å². The van der Waals surface area contributed by atoms with E-state index >= 15 is 0 Å². The number of carbonyl (C=O) groups is 1. The zero-order valence-corrected chi connectivity index (χ0v) is 16.0. The summed E-state index contributed by atoms with van der Waals surface area (Å²) in [6.07, 6.45) is 1.46. The molecule has 6 heteroatoms. The van der Waals surface area contributed by atoms with Crippen LogP contribution in [0.3, 0.4) is 0 Å². The molecule has 0 atom stereocenters. The van der Waals surface area contributed by atoms with Gasteiger partial charge in [0, 0.05) is 30.1 Å². The lowest BCUT2D eigenvalue weighted by Crippen LogP contribution is -2.39. The minimum Gasteiger partial charge on any atom is -0.371 e. The molecule has 146 valence electrons. The summed E-state index contributed by atoms with van der Waals surface area (Å²) >= 11 is 0. The number of rotatable bonds is 4. The molecule has 2 N–H and O–H groups in total. The van der Waals surface area contributed by atoms with Gasteiger partial charge in [-0.15, -0.1) is 0 Å². The number of nitrogens with one attached hydrogen (secondary N) is 2. The van der Waals surface area contributed by atoms with Crippen molar-refractivity contribution in [1.29, 1.82) is 5.26 Å². The van der Waals surface area contributed by atoms with Crippen LogP contribution >= 0.6 is 0 Å². The number of hydrogen-bond donors (Lipinski definition) is 2. The second-order valence-corrected chi connectivity index (χ2v) is 7.28. The molecule has 4 rings (SSSR count). The lowest BCUT2D eigenvalue weighted by molar-refractivity contribution is -0.120. The number of hydrogen-bond acceptors (Lipinski definition) is 4. The average molecular weight is 386 g/mol. The van der Waals surface area contributed by atoms with Gasteiger partial charge in [0.2, 0.25) is 5.91 Å². The summed E-state index contributed by atoms with van der Waals surface area (Å²) in [7, 11) is 0. The Bertz CT molecular complexity index is 1120. The molecular weight excluding hydrogens is 364 g/mol. The van der Waals surface area contributed by atoms with E-state index in [4.69, 9.17) is 0 Å². The Balaban J connectivity index is 1.56. The Morgan fingerprint density at radius 1 is 1.10 bits per heavy atom. The topological polar surface area (TPSA) is 89.0 Å². The molecule has 3 aromatic rings. The minimum atomic E-state index is -0.218. The number of amides is 1. The third-order valence-electron chi connectivity index (χ3n) is 5.47. The third kappa shape index (κ3) is 3.85. The fourth-order valence-electron chi connectivity index (χ4n) is 4.00. The number of nitrogens with zero attached hydrogens (tertiary/aromatic N) is 2. The summed E-state index contributed by atoms with van der Waals surface area (Å²) in [4.78, 5) is 30.2. The number of aromatic nitrogens is 1. The molecule has 0 radical (unpaired) electrons. The molecule has 1 aliphatic heterocycles. The molecule has 1 amide bonds. The van der Waals surface area contributed by atoms with Gasteiger partial charge < -0.3 is 15.2 Å². The molecule has 2 aromatic carbocycles. The number of carbonyl (C=O) groups excluding carboxylic acids is 1. The quantitative estimate of drug-likeness (QED) is 0.719. The molecule has 29 heavy (non-hydrogen) atoms. The molecule has 0 unspecified atom stereocenters. The van der Waals surface area contributed by atoms with Crippen molar-refractivity contribution in [3.63, 3.8) is 0 Å². The largest absolute Gasteiger partial charge is 0.371 e. The molecule has 0 saturated carbocycles. The van der Waals surface area contributed by atoms with E-state index in [9.17, 15) is 14.9 Å². The van der Waals surface area contributed by atoms with Crippen LogP contribution in [0, 0.1) is 17.2 Å². The van der Waals surface area contributed by atoms with Crippen LogP contribution in [0.25, 0.3) is 10.9 Å². The van der Waals surface area contributed by atoms with Crippen molar-refractivity contribution in [1.82, 2.24) is 4.98 Å². The second-order valence-electron chi connectivity index (χ2n) is 7.28. The maximum absolute atomic E-state index is 12.6. The Morgan fingerprint density at radius 2 is 1.79 bits per heavy atom. The van der Waals surface area contributed by atoms with Gasteiger partial charge in [0.05, 0.1) is 29.3 Å². The molecule has 6 nitrogen and oxygen atoms in total. The highest BCUT2D eigenvalue weighted by atomic mass is 16.2. The lowest BCUT2D eigenvalue weighted by Gasteiger charge is -2.34. The first-order chi connectivity index (χ1) is 14.2. The van der Waals surface area contributed by atoms with Crippen molar-refractivity contribution in [3.8, 4) is 6.07 Å². The van der Waals surface area contributed by atoms with Crippen LogP contribution in [0.1, 0.15) is 18.4 Å². The van der Waals surface area contributed by atoms with Gasteiger partial charge in [-0.3, -0.25) is 9.59 Å². The highest BCUT2D eigenvalue weighted by molar-refractivity contribution is 5.94. The number of benzene rings is 2. The maximum atomic E-state index is 12.6. The average Bonchev–Trinajstić information content (AvgIpc) is 2.75. The number of anilines is 2. The van der Waals surface area contributed by atoms with Crippen molar-refractivity contribution < 1.29 is 4.79 Å². The van der Waals surface area contributed by atoms with Crippen LogP contribution in [0.5, 0.6) is 0 Å². The summed E-state index contributed by atoms with van der Waals surface area (Å²) < 4.78 is 0. The van der Waals surface area contributed by atoms with E-state index in [1.807, 2.05) is 54.6 Å². The van der Waals surface area contributed by atoms with Crippen LogP contribution in [0.4, 0.5) is 11.4 Å². The molecule has 1 aliphatic rings. The summed E-state index contributed by atoms with van der Waals surface area (Å²) in [6, 6.07) is 19.2. The smallest absolute Gasteiger partial charge is 0.254 e. The van der Waals surface area contributed by atoms with Gasteiger partial charge in [0.15, 0.2) is 0 Å². The van der Waals surface area contributed by atoms with Gasteiger partial charge in [0.1, 0.15) is 0 Å². The maximum Gasteiger partial charge on any atom is 0.254 e. The number of H-pyrrole nitrogens is 1. The Kier molecular flexibility index (Phi) is 5.30. The van der Waals surface area contributed by atoms with Crippen LogP contribution in [0.15, 0.2) is 59.4 Å². The predicted octanol–water partition coefficient (Wildman–Crippen LogP) is 3.45. The first kappa shape index (κ1) is 18.8. The third-order valence-corrected chi connectivity index (χ3v) is 5.47. The first-order valence-corrected chi connectivity index (χ1v) is 9.79. The van der Waals surface area contributed by atoms with Crippen molar-refractivity contribution in [2.45, 2.75) is 19.3 Å². The van der Waals surface area contributed by atoms with Crippen LogP contribution < -0.4 is 15.8 Å². The summed E-state index contributed by atoms with van der Waals surface area (Å²) in [6.45, 7) is 1.33. The molecule has 1 saturated heterocycles. The standard InChI is InChI=1S/C23H22N4O2/c24-13-10-19-21(18-8-4-5-9-20(18)26-23(19)29)27-14-11-16(12-15-27)22(28)25-17-6-2-1-3-7-17/h1-9,16H,10-12,14-15H2,(H,25,28)(H,26,29). The molecule has 0 aliphatic carbocycles. The minimum absolute atomic E-state index is 0.0314. The van der Waals surface area contributed by atoms with Gasteiger partial charge in [-0.2, -0.15) is 5.26 Å². The molecule has 0 spiro atoms. The summed E-state index contributed by atoms with van der Waals surface area (Å²) in [5.41, 5.74) is 2.67. The fourth-order valence-corrected chi connectivity index (χ4v) is 4.00. The second kappa shape index (κ2) is 8.19. The summed E-state index contributed by atoms with van der Waals surface area (Å²) in [5.74, 6) is -0.0389. The van der Waals surface area contributed by atoms with Crippen LogP contribution in [0.2, 0.25) is 0 Å². The summed E-state index contributed by atoms with van der Waals surface area (Å²) in [5, 5.41) is 13.1. The lowest BCUT2D eigenvalue weighted by atomic mass is 9.94. The molecule has 2 heterocycles. The highest BCUT2D eigenvalue weighted by Crippen LogP contribution is 2.31. The van der Waals surface area contributed by atoms with Crippen LogP contribution in [-0.4, -0.2) is 24.0 Å². The highest BCUT2D eigenvalue weighted by Gasteiger charge is 2.27. The van der Waals surface area contributed by atoms with Crippen molar-refractivity contribution >= 4 is 28.2 Å². The van der Waals surface area contributed by atoms with Gasteiger partial charge >= 0.3 is 0 Å². The van der Waals surface area contributed by atoms with Crippen LogP contribution in [-0.2, 0) is 11.2 Å². The number of nitriles is 1. The van der Waals surface area contributed by atoms with E-state index in [2.05, 4.69) is 21.3 Å².